The number of aryl methyl sites for hydroxylation is 2. The normalized spacial score (nSPS) is 10.4. The maximum atomic E-state index is 11.8. The lowest BCUT2D eigenvalue weighted by molar-refractivity contribution is -0.123. The highest BCUT2D eigenvalue weighted by molar-refractivity contribution is 6.35. The summed E-state index contributed by atoms with van der Waals surface area (Å²) in [6.45, 7) is 4.27. The first kappa shape index (κ1) is 16.7. The second-order valence-corrected chi connectivity index (χ2v) is 5.91. The number of hydrogen-bond donors (Lipinski definition) is 1. The highest BCUT2D eigenvalue weighted by atomic mass is 35.5. The molecule has 2 rings (SSSR count). The number of nitrogens with one attached hydrogen (secondary N) is 1. The van der Waals surface area contributed by atoms with Crippen molar-refractivity contribution in [2.45, 2.75) is 20.4 Å². The molecule has 0 heterocycles. The van der Waals surface area contributed by atoms with E-state index in [-0.39, 0.29) is 12.5 Å². The molecular formula is C17H17Cl2NO2. The van der Waals surface area contributed by atoms with E-state index in [0.29, 0.717) is 22.3 Å². The Kier molecular flexibility index (Phi) is 5.69. The van der Waals surface area contributed by atoms with Gasteiger partial charge in [0.1, 0.15) is 5.75 Å². The van der Waals surface area contributed by atoms with Crippen LogP contribution in [0.4, 0.5) is 0 Å². The smallest absolute Gasteiger partial charge is 0.258 e. The zero-order chi connectivity index (χ0) is 16.1. The van der Waals surface area contributed by atoms with E-state index >= 15 is 0 Å². The Labute approximate surface area is 140 Å². The van der Waals surface area contributed by atoms with Crippen molar-refractivity contribution in [1.82, 2.24) is 5.32 Å². The number of rotatable bonds is 5. The third kappa shape index (κ3) is 4.65. The third-order valence-electron chi connectivity index (χ3n) is 3.18. The number of carbonyl (C=O) groups excluding carboxylic acids is 1. The van der Waals surface area contributed by atoms with Crippen LogP contribution in [0.5, 0.6) is 5.75 Å². The molecule has 0 spiro atoms. The van der Waals surface area contributed by atoms with Crippen LogP contribution in [0.15, 0.2) is 36.4 Å². The SMILES string of the molecule is Cc1ccc(OCC(=O)NCc2ccc(Cl)cc2Cl)c(C)c1. The fourth-order valence-electron chi connectivity index (χ4n) is 2.01. The van der Waals surface area contributed by atoms with E-state index in [0.717, 1.165) is 16.7 Å². The first-order valence-corrected chi connectivity index (χ1v) is 7.62. The van der Waals surface area contributed by atoms with Crippen LogP contribution in [0.2, 0.25) is 10.0 Å². The molecule has 1 amide bonds. The first-order chi connectivity index (χ1) is 10.5. The average molecular weight is 338 g/mol. The lowest BCUT2D eigenvalue weighted by atomic mass is 10.1. The molecule has 0 unspecified atom stereocenters. The lowest BCUT2D eigenvalue weighted by Gasteiger charge is -2.11. The van der Waals surface area contributed by atoms with Gasteiger partial charge in [0.05, 0.1) is 0 Å². The molecule has 2 aromatic carbocycles. The van der Waals surface area contributed by atoms with Crippen LogP contribution < -0.4 is 10.1 Å². The molecule has 2 aromatic rings. The van der Waals surface area contributed by atoms with Crippen LogP contribution in [0, 0.1) is 13.8 Å². The molecule has 116 valence electrons. The van der Waals surface area contributed by atoms with Gasteiger partial charge in [0.15, 0.2) is 6.61 Å². The number of benzene rings is 2. The van der Waals surface area contributed by atoms with E-state index in [9.17, 15) is 4.79 Å². The summed E-state index contributed by atoms with van der Waals surface area (Å²) in [5.74, 6) is 0.510. The Hall–Kier alpha value is -1.71. The molecule has 0 fully saturated rings. The van der Waals surface area contributed by atoms with Crippen molar-refractivity contribution >= 4 is 29.1 Å². The molecule has 0 aliphatic carbocycles. The van der Waals surface area contributed by atoms with E-state index in [1.54, 1.807) is 18.2 Å². The van der Waals surface area contributed by atoms with Gasteiger partial charge in [-0.15, -0.1) is 0 Å². The van der Waals surface area contributed by atoms with Crippen LogP contribution in [-0.4, -0.2) is 12.5 Å². The van der Waals surface area contributed by atoms with Gasteiger partial charge < -0.3 is 10.1 Å². The topological polar surface area (TPSA) is 38.3 Å². The fraction of sp³-hybridized carbons (Fsp3) is 0.235. The molecule has 0 bridgehead atoms. The van der Waals surface area contributed by atoms with Crippen LogP contribution in [-0.2, 0) is 11.3 Å². The number of ether oxygens (including phenoxy) is 1. The zero-order valence-corrected chi connectivity index (χ0v) is 14.0. The van der Waals surface area contributed by atoms with E-state index in [1.807, 2.05) is 32.0 Å². The molecular weight excluding hydrogens is 321 g/mol. The molecule has 5 heteroatoms. The standard InChI is InChI=1S/C17H17Cl2NO2/c1-11-3-6-16(12(2)7-11)22-10-17(21)20-9-13-4-5-14(18)8-15(13)19/h3-8H,9-10H2,1-2H3,(H,20,21). The van der Waals surface area contributed by atoms with Crippen LogP contribution in [0.3, 0.4) is 0 Å². The summed E-state index contributed by atoms with van der Waals surface area (Å²) in [4.78, 5) is 11.8. The molecule has 1 N–H and O–H groups in total. The average Bonchev–Trinajstić information content (AvgIpc) is 2.45. The summed E-state index contributed by atoms with van der Waals surface area (Å²) >= 11 is 11.9. The summed E-state index contributed by atoms with van der Waals surface area (Å²) in [6, 6.07) is 11.0. The Morgan fingerprint density at radius 3 is 2.59 bits per heavy atom. The summed E-state index contributed by atoms with van der Waals surface area (Å²) in [6.07, 6.45) is 0. The number of carbonyl (C=O) groups is 1. The van der Waals surface area contributed by atoms with Gasteiger partial charge in [-0.05, 0) is 43.2 Å². The molecule has 0 saturated carbocycles. The molecule has 3 nitrogen and oxygen atoms in total. The third-order valence-corrected chi connectivity index (χ3v) is 3.77. The first-order valence-electron chi connectivity index (χ1n) is 6.86. The van der Waals surface area contributed by atoms with Crippen molar-refractivity contribution in [2.24, 2.45) is 0 Å². The van der Waals surface area contributed by atoms with E-state index in [1.165, 1.54) is 0 Å². The fourth-order valence-corrected chi connectivity index (χ4v) is 2.49. The van der Waals surface area contributed by atoms with Crippen molar-refractivity contribution in [3.05, 3.63) is 63.1 Å². The molecule has 22 heavy (non-hydrogen) atoms. The number of amides is 1. The Bertz CT molecular complexity index is 629. The van der Waals surface area contributed by atoms with Crippen molar-refractivity contribution in [3.63, 3.8) is 0 Å². The van der Waals surface area contributed by atoms with E-state index in [4.69, 9.17) is 27.9 Å². The Balaban J connectivity index is 1.85. The highest BCUT2D eigenvalue weighted by Gasteiger charge is 2.07. The second-order valence-electron chi connectivity index (χ2n) is 5.07. The molecule has 0 saturated heterocycles. The minimum atomic E-state index is -0.203. The van der Waals surface area contributed by atoms with Crippen LogP contribution >= 0.6 is 23.2 Å². The highest BCUT2D eigenvalue weighted by Crippen LogP contribution is 2.21. The predicted octanol–water partition coefficient (Wildman–Crippen LogP) is 4.31. The van der Waals surface area contributed by atoms with Gasteiger partial charge >= 0.3 is 0 Å². The maximum Gasteiger partial charge on any atom is 0.258 e. The van der Waals surface area contributed by atoms with Crippen LogP contribution in [0.25, 0.3) is 0 Å². The van der Waals surface area contributed by atoms with Crippen molar-refractivity contribution < 1.29 is 9.53 Å². The minimum absolute atomic E-state index is 0.0326. The molecule has 0 atom stereocenters. The van der Waals surface area contributed by atoms with Gasteiger partial charge in [-0.2, -0.15) is 0 Å². The second kappa shape index (κ2) is 7.52. The van der Waals surface area contributed by atoms with Gasteiger partial charge in [0.2, 0.25) is 0 Å². The molecule has 0 aliphatic heterocycles. The van der Waals surface area contributed by atoms with Crippen LogP contribution in [0.1, 0.15) is 16.7 Å². The van der Waals surface area contributed by atoms with Crippen molar-refractivity contribution in [2.75, 3.05) is 6.61 Å². The summed E-state index contributed by atoms with van der Waals surface area (Å²) in [5, 5.41) is 3.87. The number of hydrogen-bond acceptors (Lipinski definition) is 2. The zero-order valence-electron chi connectivity index (χ0n) is 12.5. The molecule has 0 aliphatic rings. The van der Waals surface area contributed by atoms with Gasteiger partial charge in [-0.25, -0.2) is 0 Å². The quantitative estimate of drug-likeness (QED) is 0.882. The largest absolute Gasteiger partial charge is 0.484 e. The monoisotopic (exact) mass is 337 g/mol. The Morgan fingerprint density at radius 1 is 1.14 bits per heavy atom. The lowest BCUT2D eigenvalue weighted by Crippen LogP contribution is -2.28. The maximum absolute atomic E-state index is 11.8. The minimum Gasteiger partial charge on any atom is -0.484 e. The van der Waals surface area contributed by atoms with Crippen molar-refractivity contribution in [1.29, 1.82) is 0 Å². The van der Waals surface area contributed by atoms with E-state index in [2.05, 4.69) is 5.32 Å². The summed E-state index contributed by atoms with van der Waals surface area (Å²) < 4.78 is 5.53. The molecule has 0 aromatic heterocycles. The predicted molar refractivity (Wildman–Crippen MR) is 89.7 cm³/mol. The molecule has 0 radical (unpaired) electrons. The summed E-state index contributed by atoms with van der Waals surface area (Å²) in [5.41, 5.74) is 2.98. The number of halogens is 2. The van der Waals surface area contributed by atoms with Gasteiger partial charge in [-0.3, -0.25) is 4.79 Å². The van der Waals surface area contributed by atoms with Crippen molar-refractivity contribution in [3.8, 4) is 5.75 Å². The van der Waals surface area contributed by atoms with Gasteiger partial charge in [-0.1, -0.05) is 47.0 Å². The Morgan fingerprint density at radius 2 is 1.91 bits per heavy atom. The summed E-state index contributed by atoms with van der Waals surface area (Å²) in [7, 11) is 0. The van der Waals surface area contributed by atoms with Gasteiger partial charge in [0, 0.05) is 16.6 Å². The van der Waals surface area contributed by atoms with E-state index < -0.39 is 0 Å². The van der Waals surface area contributed by atoms with Gasteiger partial charge in [0.25, 0.3) is 5.91 Å².